The third-order valence-electron chi connectivity index (χ3n) is 3.74. The van der Waals surface area contributed by atoms with E-state index in [0.29, 0.717) is 19.7 Å². The van der Waals surface area contributed by atoms with Crippen LogP contribution in [0.2, 0.25) is 0 Å². The second kappa shape index (κ2) is 7.55. The molecule has 0 atom stereocenters. The van der Waals surface area contributed by atoms with Crippen molar-refractivity contribution in [3.05, 3.63) is 46.0 Å². The van der Waals surface area contributed by atoms with Crippen molar-refractivity contribution in [3.63, 3.8) is 0 Å². The molecule has 1 aromatic carbocycles. The zero-order valence-electron chi connectivity index (χ0n) is 13.8. The number of carbonyl (C=O) groups is 1. The summed E-state index contributed by atoms with van der Waals surface area (Å²) in [4.78, 5) is 17.3. The smallest absolute Gasteiger partial charge is 0.248 e. The molecule has 1 N–H and O–H groups in total. The number of nitrogens with zero attached hydrogens (tertiary/aromatic N) is 3. The van der Waals surface area contributed by atoms with Crippen molar-refractivity contribution in [1.29, 1.82) is 0 Å². The quantitative estimate of drug-likeness (QED) is 0.715. The Kier molecular flexibility index (Phi) is 5.22. The molecule has 7 heteroatoms. The lowest BCUT2D eigenvalue weighted by atomic mass is 10.1. The van der Waals surface area contributed by atoms with Gasteiger partial charge in [0.2, 0.25) is 5.91 Å². The van der Waals surface area contributed by atoms with E-state index >= 15 is 0 Å². The van der Waals surface area contributed by atoms with Gasteiger partial charge >= 0.3 is 0 Å². The van der Waals surface area contributed by atoms with Gasteiger partial charge in [-0.2, -0.15) is 0 Å². The first-order valence-corrected chi connectivity index (χ1v) is 8.68. The highest BCUT2D eigenvalue weighted by Crippen LogP contribution is 2.16. The maximum absolute atomic E-state index is 12.3. The van der Waals surface area contributed by atoms with Crippen LogP contribution in [0.5, 0.6) is 0 Å². The van der Waals surface area contributed by atoms with Crippen LogP contribution in [0.3, 0.4) is 0 Å². The monoisotopic (exact) mass is 344 g/mol. The molecule has 126 valence electrons. The Morgan fingerprint density at radius 3 is 2.96 bits per heavy atom. The maximum Gasteiger partial charge on any atom is 0.248 e. The number of carbonyl (C=O) groups excluding carboxylic acids is 1. The Labute approximate surface area is 144 Å². The summed E-state index contributed by atoms with van der Waals surface area (Å²) in [5.41, 5.74) is 2.21. The average molecular weight is 344 g/mol. The molecule has 0 aliphatic rings. The fourth-order valence-corrected chi connectivity index (χ4v) is 3.16. The molecule has 2 aromatic heterocycles. The van der Waals surface area contributed by atoms with Gasteiger partial charge in [-0.25, -0.2) is 0 Å². The Bertz CT molecular complexity index is 827. The second-order valence-corrected chi connectivity index (χ2v) is 6.78. The molecule has 0 unspecified atom stereocenters. The highest BCUT2D eigenvalue weighted by atomic mass is 32.1. The number of aromatic amines is 1. The number of amides is 1. The maximum atomic E-state index is 12.3. The summed E-state index contributed by atoms with van der Waals surface area (Å²) in [5.74, 6) is -0.0205. The van der Waals surface area contributed by atoms with E-state index in [1.165, 1.54) is 11.3 Å². The van der Waals surface area contributed by atoms with Crippen molar-refractivity contribution in [2.75, 3.05) is 13.2 Å². The average Bonchev–Trinajstić information content (AvgIpc) is 3.20. The van der Waals surface area contributed by atoms with Crippen LogP contribution in [0.4, 0.5) is 0 Å². The number of likely N-dealkylation sites (N-methyl/N-ethyl adjacent to an activating group) is 1. The number of hydrogen-bond donors (Lipinski definition) is 1. The molecular weight excluding hydrogens is 324 g/mol. The van der Waals surface area contributed by atoms with Crippen LogP contribution in [0, 0.1) is 6.92 Å². The Morgan fingerprint density at radius 2 is 2.21 bits per heavy atom. The lowest BCUT2D eigenvalue weighted by molar-refractivity contribution is -0.137. The lowest BCUT2D eigenvalue weighted by Crippen LogP contribution is -2.33. The molecule has 0 aliphatic carbocycles. The molecule has 1 amide bonds. The molecule has 2 heterocycles. The first-order chi connectivity index (χ1) is 11.7. The third-order valence-corrected chi connectivity index (χ3v) is 4.56. The summed E-state index contributed by atoms with van der Waals surface area (Å²) in [6.07, 6.45) is 1.92. The van der Waals surface area contributed by atoms with E-state index in [2.05, 4.69) is 21.2 Å². The molecule has 0 saturated heterocycles. The van der Waals surface area contributed by atoms with E-state index in [-0.39, 0.29) is 12.5 Å². The number of ether oxygens (including phenoxy) is 1. The molecule has 0 saturated carbocycles. The Morgan fingerprint density at radius 1 is 1.33 bits per heavy atom. The second-order valence-electron chi connectivity index (χ2n) is 5.51. The van der Waals surface area contributed by atoms with Crippen molar-refractivity contribution in [2.24, 2.45) is 0 Å². The zero-order chi connectivity index (χ0) is 16.9. The van der Waals surface area contributed by atoms with Crippen LogP contribution < -0.4 is 0 Å². The first kappa shape index (κ1) is 16.6. The highest BCUT2D eigenvalue weighted by molar-refractivity contribution is 7.11. The molecule has 0 radical (unpaired) electrons. The van der Waals surface area contributed by atoms with Crippen molar-refractivity contribution in [1.82, 2.24) is 20.1 Å². The van der Waals surface area contributed by atoms with Gasteiger partial charge in [0.1, 0.15) is 23.2 Å². The van der Waals surface area contributed by atoms with Gasteiger partial charge in [0.05, 0.1) is 0 Å². The molecule has 0 fully saturated rings. The van der Waals surface area contributed by atoms with Gasteiger partial charge in [0, 0.05) is 24.8 Å². The fourth-order valence-electron chi connectivity index (χ4n) is 2.51. The van der Waals surface area contributed by atoms with Crippen molar-refractivity contribution in [3.8, 4) is 0 Å². The number of fused-ring (bicyclic) bond motifs is 1. The van der Waals surface area contributed by atoms with E-state index in [1.807, 2.05) is 38.2 Å². The standard InChI is InChI=1S/C17H20N4O2S/c1-3-21(9-13-4-5-15-14(8-13)6-7-18-15)17(22)11-23-10-16-20-19-12(2)24-16/h4-8,18H,3,9-11H2,1-2H3. The number of nitrogens with one attached hydrogen (secondary N) is 1. The molecule has 0 aliphatic heterocycles. The van der Waals surface area contributed by atoms with E-state index in [0.717, 1.165) is 26.5 Å². The summed E-state index contributed by atoms with van der Waals surface area (Å²) in [6, 6.07) is 8.22. The molecule has 3 aromatic rings. The van der Waals surface area contributed by atoms with Crippen LogP contribution in [0.15, 0.2) is 30.5 Å². The Hall–Kier alpha value is -2.25. The molecule has 6 nitrogen and oxygen atoms in total. The summed E-state index contributed by atoms with van der Waals surface area (Å²) in [7, 11) is 0. The number of hydrogen-bond acceptors (Lipinski definition) is 5. The predicted octanol–water partition coefficient (Wildman–Crippen LogP) is 2.89. The van der Waals surface area contributed by atoms with Crippen molar-refractivity contribution >= 4 is 28.1 Å². The SMILES string of the molecule is CCN(Cc1ccc2[nH]ccc2c1)C(=O)COCc1nnc(C)s1. The number of aryl methyl sites for hydroxylation is 1. The van der Waals surface area contributed by atoms with Gasteiger partial charge < -0.3 is 14.6 Å². The molecule has 3 rings (SSSR count). The van der Waals surface area contributed by atoms with Crippen LogP contribution in [0.25, 0.3) is 10.9 Å². The van der Waals surface area contributed by atoms with E-state index in [9.17, 15) is 4.79 Å². The van der Waals surface area contributed by atoms with Crippen LogP contribution >= 0.6 is 11.3 Å². The number of aromatic nitrogens is 3. The molecule has 0 bridgehead atoms. The normalized spacial score (nSPS) is 11.1. The van der Waals surface area contributed by atoms with Crippen LogP contribution in [-0.2, 0) is 22.7 Å². The predicted molar refractivity (Wildman–Crippen MR) is 93.7 cm³/mol. The summed E-state index contributed by atoms with van der Waals surface area (Å²) in [5, 5.41) is 10.8. The molecule has 0 spiro atoms. The van der Waals surface area contributed by atoms with Gasteiger partial charge in [0.15, 0.2) is 0 Å². The summed E-state index contributed by atoms with van der Waals surface area (Å²) in [6.45, 7) is 5.47. The van der Waals surface area contributed by atoms with Gasteiger partial charge in [-0.3, -0.25) is 4.79 Å². The fraction of sp³-hybridized carbons (Fsp3) is 0.353. The van der Waals surface area contributed by atoms with Gasteiger partial charge in [0.25, 0.3) is 0 Å². The number of benzene rings is 1. The summed E-state index contributed by atoms with van der Waals surface area (Å²) < 4.78 is 5.48. The summed E-state index contributed by atoms with van der Waals surface area (Å²) >= 11 is 1.48. The van der Waals surface area contributed by atoms with Crippen molar-refractivity contribution < 1.29 is 9.53 Å². The highest BCUT2D eigenvalue weighted by Gasteiger charge is 2.13. The van der Waals surface area contributed by atoms with E-state index in [4.69, 9.17) is 4.74 Å². The van der Waals surface area contributed by atoms with Gasteiger partial charge in [-0.1, -0.05) is 17.4 Å². The number of rotatable bonds is 7. The Balaban J connectivity index is 1.55. The van der Waals surface area contributed by atoms with Crippen molar-refractivity contribution in [2.45, 2.75) is 27.0 Å². The zero-order valence-corrected chi connectivity index (χ0v) is 14.6. The lowest BCUT2D eigenvalue weighted by Gasteiger charge is -2.21. The van der Waals surface area contributed by atoms with E-state index < -0.39 is 0 Å². The van der Waals surface area contributed by atoms with Crippen LogP contribution in [0.1, 0.15) is 22.5 Å². The topological polar surface area (TPSA) is 71.1 Å². The van der Waals surface area contributed by atoms with Gasteiger partial charge in [-0.15, -0.1) is 10.2 Å². The largest absolute Gasteiger partial charge is 0.364 e. The molecule has 24 heavy (non-hydrogen) atoms. The number of H-pyrrole nitrogens is 1. The molecular formula is C17H20N4O2S. The first-order valence-electron chi connectivity index (χ1n) is 7.86. The van der Waals surface area contributed by atoms with Crippen LogP contribution in [-0.4, -0.2) is 39.1 Å². The minimum atomic E-state index is -0.0205. The third kappa shape index (κ3) is 3.98. The minimum Gasteiger partial charge on any atom is -0.364 e. The van der Waals surface area contributed by atoms with Gasteiger partial charge in [-0.05, 0) is 43.0 Å². The minimum absolute atomic E-state index is 0.0205. The van der Waals surface area contributed by atoms with E-state index in [1.54, 1.807) is 4.90 Å².